The first-order chi connectivity index (χ1) is 30.7. The fourth-order valence-electron chi connectivity index (χ4n) is 6.97. The fraction of sp³-hybridized carbons (Fsp3) is 0.692. The van der Waals surface area contributed by atoms with Crippen LogP contribution in [0.4, 0.5) is 0 Å². The largest absolute Gasteiger partial charge is 0.472 e. The van der Waals surface area contributed by atoms with Crippen LogP contribution in [-0.2, 0) is 50.3 Å². The van der Waals surface area contributed by atoms with Crippen LogP contribution in [0.2, 0.25) is 0 Å². The number of hydrogen-bond donors (Lipinski definition) is 1. The number of phosphoric ester groups is 1. The number of nitrogens with zero attached hydrogens (tertiary/aromatic N) is 1. The Bertz CT molecular complexity index is 1620. The Balaban J connectivity index is 1.64. The van der Waals surface area contributed by atoms with Crippen molar-refractivity contribution in [3.8, 4) is 0 Å². The Kier molecular flexibility index (Phi) is 30.6. The number of esters is 2. The van der Waals surface area contributed by atoms with Crippen LogP contribution in [0, 0.1) is 13.8 Å². The van der Waals surface area contributed by atoms with Gasteiger partial charge in [0.15, 0.2) is 6.10 Å². The van der Waals surface area contributed by atoms with Gasteiger partial charge in [0.1, 0.15) is 31.3 Å². The van der Waals surface area contributed by atoms with E-state index in [1.54, 1.807) is 0 Å². The molecule has 0 radical (unpaired) electrons. The molecule has 0 aliphatic carbocycles. The number of phosphoric acid groups is 1. The van der Waals surface area contributed by atoms with Gasteiger partial charge < -0.3 is 28.0 Å². The molecular weight excluding hydrogens is 830 g/mol. The van der Waals surface area contributed by atoms with E-state index in [0.29, 0.717) is 36.1 Å². The Labute approximate surface area is 387 Å². The van der Waals surface area contributed by atoms with E-state index in [1.807, 2.05) is 33.3 Å². The third-order valence-electron chi connectivity index (χ3n) is 11.2. The number of rotatable bonds is 39. The van der Waals surface area contributed by atoms with Crippen molar-refractivity contribution in [3.05, 3.63) is 83.4 Å². The molecule has 1 aromatic heterocycles. The molecule has 0 spiro atoms. The Hall–Kier alpha value is -3.05. The van der Waals surface area contributed by atoms with Crippen molar-refractivity contribution in [2.45, 2.75) is 187 Å². The van der Waals surface area contributed by atoms with Crippen molar-refractivity contribution in [1.82, 2.24) is 0 Å². The molecule has 1 N–H and O–H groups in total. The maximum atomic E-state index is 12.8. The number of carbonyl (C=O) groups is 2. The van der Waals surface area contributed by atoms with Gasteiger partial charge in [-0.05, 0) is 89.2 Å². The second-order valence-corrected chi connectivity index (χ2v) is 19.5. The number of epoxide rings is 1. The average molecular weight is 917 g/mol. The fourth-order valence-corrected chi connectivity index (χ4v) is 7.71. The number of allylic oxidation sites excluding steroid dienone is 8. The van der Waals surface area contributed by atoms with Gasteiger partial charge in [0, 0.05) is 25.7 Å². The van der Waals surface area contributed by atoms with Gasteiger partial charge in [0.2, 0.25) is 0 Å². The molecule has 1 aromatic rings. The molecule has 12 heteroatoms. The van der Waals surface area contributed by atoms with Crippen molar-refractivity contribution in [2.24, 2.45) is 0 Å². The molecule has 11 nitrogen and oxygen atoms in total. The molecule has 64 heavy (non-hydrogen) atoms. The summed E-state index contributed by atoms with van der Waals surface area (Å²) in [5.74, 6) is 1.40. The van der Waals surface area contributed by atoms with Gasteiger partial charge in [0.25, 0.3) is 0 Å². The summed E-state index contributed by atoms with van der Waals surface area (Å²) in [7, 11) is 1.40. The van der Waals surface area contributed by atoms with E-state index >= 15 is 0 Å². The van der Waals surface area contributed by atoms with Crippen molar-refractivity contribution in [3.63, 3.8) is 0 Å². The van der Waals surface area contributed by atoms with E-state index in [2.05, 4.69) is 76.3 Å². The highest BCUT2D eigenvalue weighted by Crippen LogP contribution is 2.43. The summed E-state index contributed by atoms with van der Waals surface area (Å²) in [6.07, 6.45) is 41.5. The molecule has 2 rings (SSSR count). The van der Waals surface area contributed by atoms with Gasteiger partial charge in [-0.15, -0.1) is 0 Å². The highest BCUT2D eigenvalue weighted by Gasteiger charge is 2.36. The topological polar surface area (TPSA) is 134 Å². The van der Waals surface area contributed by atoms with Crippen LogP contribution in [0.3, 0.4) is 0 Å². The van der Waals surface area contributed by atoms with E-state index in [-0.39, 0.29) is 26.1 Å². The minimum Gasteiger partial charge on any atom is -0.466 e. The third-order valence-corrected chi connectivity index (χ3v) is 12.2. The first-order valence-corrected chi connectivity index (χ1v) is 26.0. The zero-order valence-corrected chi connectivity index (χ0v) is 41.8. The second kappa shape index (κ2) is 34.3. The highest BCUT2D eigenvalue weighted by molar-refractivity contribution is 7.47. The quantitative estimate of drug-likeness (QED) is 0.0170. The van der Waals surface area contributed by atoms with Crippen LogP contribution in [0.25, 0.3) is 0 Å². The molecule has 0 saturated carbocycles. The summed E-state index contributed by atoms with van der Waals surface area (Å²) < 4.78 is 46.3. The number of unbranched alkanes of at least 4 members (excludes halogenated alkanes) is 9. The average Bonchev–Trinajstić information content (AvgIpc) is 3.94. The summed E-state index contributed by atoms with van der Waals surface area (Å²) in [6, 6.07) is 0. The molecule has 1 saturated heterocycles. The van der Waals surface area contributed by atoms with Crippen LogP contribution < -0.4 is 0 Å². The summed E-state index contributed by atoms with van der Waals surface area (Å²) >= 11 is 0. The summed E-state index contributed by atoms with van der Waals surface area (Å²) in [4.78, 5) is 35.6. The number of ether oxygens (including phenoxy) is 3. The lowest BCUT2D eigenvalue weighted by Gasteiger charge is -2.24. The summed E-state index contributed by atoms with van der Waals surface area (Å²) in [6.45, 7) is 8.51. The summed E-state index contributed by atoms with van der Waals surface area (Å²) in [5, 5.41) is 0. The molecule has 1 aliphatic heterocycles. The molecule has 1 fully saturated rings. The number of carbonyl (C=O) groups excluding carboxylic acids is 2. The van der Waals surface area contributed by atoms with Crippen LogP contribution >= 0.6 is 7.82 Å². The Morgan fingerprint density at radius 2 is 1.20 bits per heavy atom. The van der Waals surface area contributed by atoms with Crippen molar-refractivity contribution < 1.29 is 51.2 Å². The Morgan fingerprint density at radius 1 is 0.672 bits per heavy atom. The standard InChI is InChI=1S/C52H86NO10P/c1-8-10-28-34-47-44(3)45(4)48(62-47)35-30-24-20-18-19-23-27-33-39-52(55)61-46(43-60-64(56,57)59-41-40-53(5,6)7)42-58-51(54)38-32-26-22-17-15-13-12-14-16-21-25-31-37-50-49(63-50)36-29-11-9-2/h11,13-16,22,25-26,29,31,46,49-50H,8-10,12,17-21,23-24,27-28,30,32-43H2,1-7H3/p+1/b15-13-,16-14-,26-22-,29-11-,31-25-/t46-,49?,50?/m1/s1. The predicted molar refractivity (Wildman–Crippen MR) is 259 cm³/mol. The predicted octanol–water partition coefficient (Wildman–Crippen LogP) is 12.7. The number of hydrogen-bond acceptors (Lipinski definition) is 9. The van der Waals surface area contributed by atoms with Gasteiger partial charge in [-0.2, -0.15) is 0 Å². The summed E-state index contributed by atoms with van der Waals surface area (Å²) in [5.41, 5.74) is 2.65. The van der Waals surface area contributed by atoms with Crippen molar-refractivity contribution >= 4 is 19.8 Å². The van der Waals surface area contributed by atoms with E-state index in [0.717, 1.165) is 89.2 Å². The van der Waals surface area contributed by atoms with Crippen LogP contribution in [0.5, 0.6) is 0 Å². The number of furan rings is 1. The van der Waals surface area contributed by atoms with Crippen molar-refractivity contribution in [1.29, 1.82) is 0 Å². The molecule has 4 atom stereocenters. The minimum atomic E-state index is -4.42. The van der Waals surface area contributed by atoms with Crippen LogP contribution in [0.15, 0.2) is 65.2 Å². The number of quaternary nitrogens is 1. The van der Waals surface area contributed by atoms with Gasteiger partial charge >= 0.3 is 19.8 Å². The number of likely N-dealkylation sites (N-methyl/N-ethyl adjacent to an activating group) is 1. The lowest BCUT2D eigenvalue weighted by atomic mass is 10.0. The first-order valence-electron chi connectivity index (χ1n) is 24.5. The third kappa shape index (κ3) is 29.5. The lowest BCUT2D eigenvalue weighted by molar-refractivity contribution is -0.870. The molecular formula is C52H87NO10P+. The Morgan fingerprint density at radius 3 is 1.78 bits per heavy atom. The van der Waals surface area contributed by atoms with E-state index in [9.17, 15) is 19.0 Å². The second-order valence-electron chi connectivity index (χ2n) is 18.1. The molecule has 1 aliphatic rings. The van der Waals surface area contributed by atoms with Gasteiger partial charge in [-0.1, -0.05) is 126 Å². The van der Waals surface area contributed by atoms with Gasteiger partial charge in [-0.25, -0.2) is 4.57 Å². The minimum absolute atomic E-state index is 0.00865. The molecule has 3 unspecified atom stereocenters. The molecule has 0 aromatic carbocycles. The maximum absolute atomic E-state index is 12.8. The normalized spacial score (nSPS) is 17.1. The maximum Gasteiger partial charge on any atom is 0.472 e. The van der Waals surface area contributed by atoms with Crippen LogP contribution in [0.1, 0.15) is 165 Å². The van der Waals surface area contributed by atoms with E-state index in [1.165, 1.54) is 49.0 Å². The first kappa shape index (κ1) is 57.1. The zero-order chi connectivity index (χ0) is 46.9. The smallest absolute Gasteiger partial charge is 0.466 e. The monoisotopic (exact) mass is 917 g/mol. The van der Waals surface area contributed by atoms with E-state index < -0.39 is 32.5 Å². The zero-order valence-electron chi connectivity index (χ0n) is 40.9. The molecule has 0 amide bonds. The van der Waals surface area contributed by atoms with E-state index in [4.69, 9.17) is 27.7 Å². The van der Waals surface area contributed by atoms with Gasteiger partial charge in [-0.3, -0.25) is 18.6 Å². The molecule has 364 valence electrons. The van der Waals surface area contributed by atoms with Gasteiger partial charge in [0.05, 0.1) is 40.0 Å². The highest BCUT2D eigenvalue weighted by atomic mass is 31.2. The molecule has 0 bridgehead atoms. The SMILES string of the molecule is CC/C=C\CC1OC1C/C=C\C/C=C\C/C=C\C/C=C\CCC(=O)OC[C@H](COP(=O)(O)OCC[N+](C)(C)C)OC(=O)CCCCCCCCCCc1oc(CCCCC)c(C)c1C. The number of aryl methyl sites for hydroxylation is 2. The van der Waals surface area contributed by atoms with Crippen LogP contribution in [-0.4, -0.2) is 87.1 Å². The lowest BCUT2D eigenvalue weighted by Crippen LogP contribution is -2.37. The molecule has 2 heterocycles. The van der Waals surface area contributed by atoms with Crippen molar-refractivity contribution in [2.75, 3.05) is 47.5 Å².